The van der Waals surface area contributed by atoms with Crippen LogP contribution in [0.5, 0.6) is 0 Å². The molecular weight excluding hydrogens is 236 g/mol. The average molecular weight is 254 g/mol. The molecule has 0 bridgehead atoms. The van der Waals surface area contributed by atoms with Gasteiger partial charge in [0.2, 0.25) is 0 Å². The van der Waals surface area contributed by atoms with E-state index in [0.717, 1.165) is 36.1 Å². The molecule has 0 fully saturated rings. The monoisotopic (exact) mass is 254 g/mol. The van der Waals surface area contributed by atoms with Gasteiger partial charge in [-0.1, -0.05) is 29.8 Å². The SMILES string of the molecule is CN1CCC=C(CC(=O)c2cc3ccccc3[nH]2)C1. The standard InChI is InChI=1S/C16H18N2O/c1-18-8-4-5-12(11-18)9-16(19)15-10-13-6-2-3-7-14(13)17-15/h2-3,5-7,10,17H,4,8-9,11H2,1H3. The number of nitrogens with zero attached hydrogens (tertiary/aromatic N) is 1. The van der Waals surface area contributed by atoms with E-state index in [1.165, 1.54) is 5.57 Å². The average Bonchev–Trinajstić information content (AvgIpc) is 2.82. The van der Waals surface area contributed by atoms with E-state index in [0.29, 0.717) is 6.42 Å². The van der Waals surface area contributed by atoms with Crippen molar-refractivity contribution in [2.24, 2.45) is 0 Å². The first-order valence-corrected chi connectivity index (χ1v) is 6.70. The number of hydrogen-bond acceptors (Lipinski definition) is 2. The van der Waals surface area contributed by atoms with Crippen LogP contribution in [-0.2, 0) is 0 Å². The van der Waals surface area contributed by atoms with Gasteiger partial charge in [-0.25, -0.2) is 0 Å². The number of likely N-dealkylation sites (N-methyl/N-ethyl adjacent to an activating group) is 1. The first-order valence-electron chi connectivity index (χ1n) is 6.70. The summed E-state index contributed by atoms with van der Waals surface area (Å²) in [6, 6.07) is 9.94. The molecule has 1 aliphatic heterocycles. The molecule has 98 valence electrons. The van der Waals surface area contributed by atoms with E-state index >= 15 is 0 Å². The van der Waals surface area contributed by atoms with Crippen LogP contribution in [0.1, 0.15) is 23.3 Å². The molecule has 0 amide bonds. The van der Waals surface area contributed by atoms with E-state index in [1.807, 2.05) is 30.3 Å². The van der Waals surface area contributed by atoms with Crippen LogP contribution in [0.25, 0.3) is 10.9 Å². The number of rotatable bonds is 3. The summed E-state index contributed by atoms with van der Waals surface area (Å²) in [6.07, 6.45) is 3.78. The van der Waals surface area contributed by atoms with E-state index in [-0.39, 0.29) is 5.78 Å². The van der Waals surface area contributed by atoms with Crippen LogP contribution in [-0.4, -0.2) is 35.8 Å². The van der Waals surface area contributed by atoms with Gasteiger partial charge in [0.25, 0.3) is 0 Å². The van der Waals surface area contributed by atoms with Gasteiger partial charge in [-0.15, -0.1) is 0 Å². The van der Waals surface area contributed by atoms with Crippen LogP contribution < -0.4 is 0 Å². The number of Topliss-reactive ketones (excluding diaryl/α,β-unsaturated/α-hetero) is 1. The van der Waals surface area contributed by atoms with Crippen LogP contribution in [0, 0.1) is 0 Å². The van der Waals surface area contributed by atoms with Crippen LogP contribution in [0.15, 0.2) is 42.0 Å². The Bertz CT molecular complexity index is 606. The Morgan fingerprint density at radius 1 is 1.37 bits per heavy atom. The van der Waals surface area contributed by atoms with Crippen molar-refractivity contribution in [1.82, 2.24) is 9.88 Å². The summed E-state index contributed by atoms with van der Waals surface area (Å²) < 4.78 is 0. The van der Waals surface area contributed by atoms with E-state index in [9.17, 15) is 4.79 Å². The molecule has 1 aliphatic rings. The van der Waals surface area contributed by atoms with Gasteiger partial charge in [0.1, 0.15) is 0 Å². The van der Waals surface area contributed by atoms with Gasteiger partial charge >= 0.3 is 0 Å². The Morgan fingerprint density at radius 3 is 3.00 bits per heavy atom. The Labute approximate surface area is 112 Å². The number of ketones is 1. The van der Waals surface area contributed by atoms with Crippen molar-refractivity contribution in [2.45, 2.75) is 12.8 Å². The zero-order valence-electron chi connectivity index (χ0n) is 11.1. The smallest absolute Gasteiger partial charge is 0.183 e. The summed E-state index contributed by atoms with van der Waals surface area (Å²) in [4.78, 5) is 17.8. The second-order valence-electron chi connectivity index (χ2n) is 5.26. The maximum absolute atomic E-state index is 12.3. The second-order valence-corrected chi connectivity index (χ2v) is 5.26. The highest BCUT2D eigenvalue weighted by Crippen LogP contribution is 2.19. The zero-order valence-corrected chi connectivity index (χ0v) is 11.1. The molecule has 3 rings (SSSR count). The molecule has 0 radical (unpaired) electrons. The minimum atomic E-state index is 0.178. The summed E-state index contributed by atoms with van der Waals surface area (Å²) in [5, 5.41) is 1.10. The predicted octanol–water partition coefficient (Wildman–Crippen LogP) is 3.00. The molecule has 0 unspecified atom stereocenters. The van der Waals surface area contributed by atoms with Gasteiger partial charge in [-0.05, 0) is 25.6 Å². The van der Waals surface area contributed by atoms with Crippen molar-refractivity contribution < 1.29 is 4.79 Å². The minimum Gasteiger partial charge on any atom is -0.352 e. The fourth-order valence-corrected chi connectivity index (χ4v) is 2.63. The molecule has 3 heteroatoms. The summed E-state index contributed by atoms with van der Waals surface area (Å²) in [5.74, 6) is 0.178. The first kappa shape index (κ1) is 12.2. The summed E-state index contributed by atoms with van der Waals surface area (Å²) in [7, 11) is 2.10. The Kier molecular flexibility index (Phi) is 3.22. The highest BCUT2D eigenvalue weighted by molar-refractivity contribution is 6.00. The topological polar surface area (TPSA) is 36.1 Å². The third-order valence-corrected chi connectivity index (χ3v) is 3.63. The molecule has 3 nitrogen and oxygen atoms in total. The quantitative estimate of drug-likeness (QED) is 0.675. The van der Waals surface area contributed by atoms with Gasteiger partial charge in [0, 0.05) is 30.4 Å². The van der Waals surface area contributed by atoms with Crippen molar-refractivity contribution in [3.05, 3.63) is 47.7 Å². The second kappa shape index (κ2) is 5.02. The highest BCUT2D eigenvalue weighted by atomic mass is 16.1. The van der Waals surface area contributed by atoms with Crippen molar-refractivity contribution in [1.29, 1.82) is 0 Å². The maximum Gasteiger partial charge on any atom is 0.183 e. The lowest BCUT2D eigenvalue weighted by Crippen LogP contribution is -2.26. The molecule has 0 aliphatic carbocycles. The van der Waals surface area contributed by atoms with E-state index < -0.39 is 0 Å². The van der Waals surface area contributed by atoms with Crippen LogP contribution in [0.3, 0.4) is 0 Å². The zero-order chi connectivity index (χ0) is 13.2. The lowest BCUT2D eigenvalue weighted by molar-refractivity contribution is 0.0986. The fourth-order valence-electron chi connectivity index (χ4n) is 2.63. The minimum absolute atomic E-state index is 0.178. The van der Waals surface area contributed by atoms with Crippen molar-refractivity contribution in [3.8, 4) is 0 Å². The number of carbonyl (C=O) groups is 1. The Morgan fingerprint density at radius 2 is 2.21 bits per heavy atom. The molecule has 1 aromatic heterocycles. The molecule has 19 heavy (non-hydrogen) atoms. The van der Waals surface area contributed by atoms with E-state index in [2.05, 4.69) is 23.0 Å². The fraction of sp³-hybridized carbons (Fsp3) is 0.312. The number of aromatic nitrogens is 1. The lowest BCUT2D eigenvalue weighted by atomic mass is 10.0. The lowest BCUT2D eigenvalue weighted by Gasteiger charge is -2.22. The van der Waals surface area contributed by atoms with Crippen LogP contribution in [0.4, 0.5) is 0 Å². The molecule has 0 saturated carbocycles. The number of aromatic amines is 1. The molecule has 1 N–H and O–H groups in total. The summed E-state index contributed by atoms with van der Waals surface area (Å²) >= 11 is 0. The molecular formula is C16H18N2O. The van der Waals surface area contributed by atoms with E-state index in [4.69, 9.17) is 0 Å². The number of hydrogen-bond donors (Lipinski definition) is 1. The van der Waals surface area contributed by atoms with Crippen LogP contribution in [0.2, 0.25) is 0 Å². The molecule has 0 atom stereocenters. The maximum atomic E-state index is 12.3. The molecule has 1 aromatic carbocycles. The van der Waals surface area contributed by atoms with Gasteiger partial charge in [-0.2, -0.15) is 0 Å². The number of fused-ring (bicyclic) bond motifs is 1. The van der Waals surface area contributed by atoms with Crippen molar-refractivity contribution in [2.75, 3.05) is 20.1 Å². The van der Waals surface area contributed by atoms with E-state index in [1.54, 1.807) is 0 Å². The Balaban J connectivity index is 1.78. The summed E-state index contributed by atoms with van der Waals surface area (Å²) in [5.41, 5.74) is 2.98. The first-order chi connectivity index (χ1) is 9.22. The molecule has 0 spiro atoms. The van der Waals surface area contributed by atoms with Gasteiger partial charge in [0.05, 0.1) is 5.69 Å². The highest BCUT2D eigenvalue weighted by Gasteiger charge is 2.15. The summed E-state index contributed by atoms with van der Waals surface area (Å²) in [6.45, 7) is 2.00. The molecule has 2 aromatic rings. The third kappa shape index (κ3) is 2.61. The largest absolute Gasteiger partial charge is 0.352 e. The number of nitrogens with one attached hydrogen (secondary N) is 1. The molecule has 2 heterocycles. The number of H-pyrrole nitrogens is 1. The molecule has 0 saturated heterocycles. The normalized spacial score (nSPS) is 16.6. The third-order valence-electron chi connectivity index (χ3n) is 3.63. The van der Waals surface area contributed by atoms with Crippen LogP contribution >= 0.6 is 0 Å². The Hall–Kier alpha value is -1.87. The van der Waals surface area contributed by atoms with Gasteiger partial charge in [0.15, 0.2) is 5.78 Å². The van der Waals surface area contributed by atoms with Crippen molar-refractivity contribution in [3.63, 3.8) is 0 Å². The number of benzene rings is 1. The van der Waals surface area contributed by atoms with Gasteiger partial charge in [-0.3, -0.25) is 4.79 Å². The predicted molar refractivity (Wildman–Crippen MR) is 77.4 cm³/mol. The van der Waals surface area contributed by atoms with Crippen molar-refractivity contribution >= 4 is 16.7 Å². The number of para-hydroxylation sites is 1. The number of carbonyl (C=O) groups excluding carboxylic acids is 1. The van der Waals surface area contributed by atoms with Gasteiger partial charge < -0.3 is 9.88 Å².